The van der Waals surface area contributed by atoms with E-state index in [1.807, 2.05) is 0 Å². The monoisotopic (exact) mass is 546 g/mol. The number of hydrogen-bond donors (Lipinski definition) is 1. The van der Waals surface area contributed by atoms with Gasteiger partial charge in [0.15, 0.2) is 25.0 Å². The fourth-order valence-corrected chi connectivity index (χ4v) is 7.10. The topological polar surface area (TPSA) is 74.2 Å². The largest absolute Gasteiger partial charge is 0.478 e. The molecule has 0 saturated heterocycles. The van der Waals surface area contributed by atoms with Crippen molar-refractivity contribution in [2.45, 2.75) is 141 Å². The Morgan fingerprint density at radius 1 is 0.714 bits per heavy atom. The molecule has 0 spiro atoms. The zero-order valence-corrected chi connectivity index (χ0v) is 28.4. The van der Waals surface area contributed by atoms with E-state index in [0.29, 0.717) is 0 Å². The van der Waals surface area contributed by atoms with Crippen molar-refractivity contribution in [1.29, 1.82) is 0 Å². The van der Waals surface area contributed by atoms with Crippen LogP contribution in [-0.2, 0) is 22.8 Å². The molecule has 9 heteroatoms. The van der Waals surface area contributed by atoms with Crippen molar-refractivity contribution >= 4 is 30.9 Å². The molecular weight excluding hydrogens is 493 g/mol. The highest BCUT2D eigenvalue weighted by Gasteiger charge is 2.54. The molecule has 0 heterocycles. The lowest BCUT2D eigenvalue weighted by molar-refractivity contribution is -0.138. The lowest BCUT2D eigenvalue weighted by atomic mass is 9.89. The van der Waals surface area contributed by atoms with Gasteiger partial charge in [0.05, 0.1) is 11.7 Å². The Morgan fingerprint density at radius 2 is 1.06 bits per heavy atom. The predicted octanol–water partition coefficient (Wildman–Crippen LogP) is 7.20. The first-order chi connectivity index (χ1) is 15.3. The van der Waals surface area contributed by atoms with Gasteiger partial charge in [-0.2, -0.15) is 0 Å². The number of rotatable bonds is 8. The van der Waals surface area contributed by atoms with Crippen LogP contribution in [0, 0.1) is 0 Å². The van der Waals surface area contributed by atoms with Crippen LogP contribution in [-0.4, -0.2) is 67.6 Å². The lowest BCUT2D eigenvalue weighted by Crippen LogP contribution is -2.63. The molecule has 0 amide bonds. The van der Waals surface area contributed by atoms with Gasteiger partial charge in [-0.1, -0.05) is 62.3 Å². The Bertz CT molecular complexity index is 784. The average molecular weight is 547 g/mol. The second-order valence-corrected chi connectivity index (χ2v) is 28.9. The Labute approximate surface area is 218 Å². The van der Waals surface area contributed by atoms with E-state index in [2.05, 4.69) is 102 Å². The molecule has 0 aromatic carbocycles. The third-order valence-electron chi connectivity index (χ3n) is 8.81. The summed E-state index contributed by atoms with van der Waals surface area (Å²) in [7, 11) is -5.29. The quantitative estimate of drug-likeness (QED) is 0.325. The van der Waals surface area contributed by atoms with Gasteiger partial charge in [0.2, 0.25) is 0 Å². The zero-order valence-electron chi connectivity index (χ0n) is 25.4. The molecule has 0 saturated carbocycles. The SMILES string of the molecule is CO[C@@H]1C(C(=O)O)=C[C@H](O[Si](C)(C)C(C)(C)C)[C@H](O[Si](C)(C)C(C)(C)C)[C@@H]1O[Si](C)(C)C(C)(C)C. The first-order valence-electron chi connectivity index (χ1n) is 12.8. The standard InChI is InChI=1S/C26H54O6Si3/c1-24(2,3)33(11,12)30-19-17-18(23(27)28)20(29-10)22(32-35(15,16)26(7,8)9)21(19)31-34(13,14)25(4,5)6/h17,19-22H,1-16H3,(H,27,28)/t19-,20+,21-,22+/m0/s1. The predicted molar refractivity (Wildman–Crippen MR) is 153 cm³/mol. The van der Waals surface area contributed by atoms with Crippen LogP contribution in [0.25, 0.3) is 0 Å². The minimum absolute atomic E-state index is 0.0323. The molecule has 0 aliphatic heterocycles. The summed E-state index contributed by atoms with van der Waals surface area (Å²) < 4.78 is 26.8. The first kappa shape index (κ1) is 32.7. The molecule has 0 aromatic rings. The Morgan fingerprint density at radius 3 is 1.37 bits per heavy atom. The van der Waals surface area contributed by atoms with Crippen LogP contribution in [0.1, 0.15) is 62.3 Å². The molecule has 0 unspecified atom stereocenters. The van der Waals surface area contributed by atoms with Crippen LogP contribution >= 0.6 is 0 Å². The highest BCUT2D eigenvalue weighted by atomic mass is 28.4. The van der Waals surface area contributed by atoms with Crippen molar-refractivity contribution < 1.29 is 27.9 Å². The van der Waals surface area contributed by atoms with E-state index in [9.17, 15) is 9.90 Å². The Balaban J connectivity index is 3.81. The van der Waals surface area contributed by atoms with Crippen molar-refractivity contribution in [2.24, 2.45) is 0 Å². The summed E-state index contributed by atoms with van der Waals surface area (Å²) in [6.07, 6.45) is -0.582. The molecule has 35 heavy (non-hydrogen) atoms. The molecule has 0 aromatic heterocycles. The molecule has 6 nitrogen and oxygen atoms in total. The summed E-state index contributed by atoms with van der Waals surface area (Å²) in [6, 6.07) is 0. The van der Waals surface area contributed by atoms with Crippen molar-refractivity contribution in [3.63, 3.8) is 0 Å². The minimum Gasteiger partial charge on any atom is -0.478 e. The summed E-state index contributed by atoms with van der Waals surface area (Å²) in [5, 5.41) is 10.0. The maximum atomic E-state index is 12.4. The van der Waals surface area contributed by atoms with Gasteiger partial charge in [-0.3, -0.25) is 0 Å². The molecule has 4 atom stereocenters. The number of carbonyl (C=O) groups is 1. The second kappa shape index (κ2) is 10.5. The van der Waals surface area contributed by atoms with E-state index < -0.39 is 55.3 Å². The second-order valence-electron chi connectivity index (χ2n) is 14.6. The van der Waals surface area contributed by atoms with Gasteiger partial charge in [-0.25, -0.2) is 4.79 Å². The summed E-state index contributed by atoms with van der Waals surface area (Å²) >= 11 is 0. The van der Waals surface area contributed by atoms with Gasteiger partial charge in [0, 0.05) is 7.11 Å². The van der Waals surface area contributed by atoms with Crippen molar-refractivity contribution in [2.75, 3.05) is 7.11 Å². The molecule has 1 aliphatic rings. The fraction of sp³-hybridized carbons (Fsp3) is 0.885. The highest BCUT2D eigenvalue weighted by molar-refractivity contribution is 6.75. The van der Waals surface area contributed by atoms with Gasteiger partial charge < -0.3 is 23.1 Å². The summed E-state index contributed by atoms with van der Waals surface area (Å²) in [6.45, 7) is 33.0. The summed E-state index contributed by atoms with van der Waals surface area (Å²) in [4.78, 5) is 12.4. The lowest BCUT2D eigenvalue weighted by Gasteiger charge is -2.51. The Hall–Kier alpha value is -0.299. The minimum atomic E-state index is -2.31. The van der Waals surface area contributed by atoms with E-state index in [1.54, 1.807) is 13.2 Å². The third-order valence-corrected chi connectivity index (χ3v) is 22.2. The number of aliphatic carboxylic acids is 1. The molecule has 0 bridgehead atoms. The van der Waals surface area contributed by atoms with E-state index >= 15 is 0 Å². The van der Waals surface area contributed by atoms with Crippen molar-refractivity contribution in [3.05, 3.63) is 11.6 Å². The van der Waals surface area contributed by atoms with E-state index in [4.69, 9.17) is 18.0 Å². The number of hydrogen-bond acceptors (Lipinski definition) is 5. The van der Waals surface area contributed by atoms with Crippen LogP contribution in [0.3, 0.4) is 0 Å². The normalized spacial score (nSPS) is 25.4. The average Bonchev–Trinajstić information content (AvgIpc) is 2.60. The van der Waals surface area contributed by atoms with Gasteiger partial charge in [0.1, 0.15) is 18.3 Å². The number of carboxylic acids is 1. The molecule has 1 N–H and O–H groups in total. The first-order valence-corrected chi connectivity index (χ1v) is 21.5. The van der Waals surface area contributed by atoms with E-state index in [1.165, 1.54) is 0 Å². The van der Waals surface area contributed by atoms with Gasteiger partial charge in [-0.15, -0.1) is 0 Å². The van der Waals surface area contributed by atoms with Gasteiger partial charge in [0.25, 0.3) is 0 Å². The Kier molecular flexibility index (Phi) is 9.78. The fourth-order valence-electron chi connectivity index (χ4n) is 3.27. The van der Waals surface area contributed by atoms with Gasteiger partial charge in [-0.05, 0) is 60.5 Å². The molecule has 1 aliphatic carbocycles. The molecule has 206 valence electrons. The van der Waals surface area contributed by atoms with Crippen LogP contribution in [0.4, 0.5) is 0 Å². The molecule has 1 rings (SSSR count). The van der Waals surface area contributed by atoms with Crippen LogP contribution in [0.15, 0.2) is 11.6 Å². The van der Waals surface area contributed by atoms with E-state index in [0.717, 1.165) is 0 Å². The van der Waals surface area contributed by atoms with Gasteiger partial charge >= 0.3 is 5.97 Å². The number of carboxylic acid groups (broad SMARTS) is 1. The molecule has 0 fully saturated rings. The number of methoxy groups -OCH3 is 1. The smallest absolute Gasteiger partial charge is 0.334 e. The van der Waals surface area contributed by atoms with Crippen LogP contribution < -0.4 is 0 Å². The van der Waals surface area contributed by atoms with Crippen LogP contribution in [0.2, 0.25) is 54.4 Å². The molecular formula is C26H54O6Si3. The zero-order chi connectivity index (χ0) is 28.0. The maximum Gasteiger partial charge on any atom is 0.334 e. The molecule has 0 radical (unpaired) electrons. The van der Waals surface area contributed by atoms with Crippen molar-refractivity contribution in [3.8, 4) is 0 Å². The summed E-state index contributed by atoms with van der Waals surface area (Å²) in [5.41, 5.74) is 0.190. The summed E-state index contributed by atoms with van der Waals surface area (Å²) in [5.74, 6) is -1.00. The highest BCUT2D eigenvalue weighted by Crippen LogP contribution is 2.45. The maximum absolute atomic E-state index is 12.4. The number of ether oxygens (including phenoxy) is 1. The third kappa shape index (κ3) is 7.39. The van der Waals surface area contributed by atoms with Crippen LogP contribution in [0.5, 0.6) is 0 Å². The van der Waals surface area contributed by atoms with Crippen molar-refractivity contribution in [1.82, 2.24) is 0 Å². The van der Waals surface area contributed by atoms with E-state index in [-0.39, 0.29) is 20.7 Å².